The number of aromatic nitrogens is 2. The summed E-state index contributed by atoms with van der Waals surface area (Å²) in [5, 5.41) is 22.3. The molecule has 0 aliphatic carbocycles. The van der Waals surface area contributed by atoms with Gasteiger partial charge >= 0.3 is 0 Å². The molecule has 0 spiro atoms. The number of nitriles is 1. The van der Waals surface area contributed by atoms with Gasteiger partial charge in [-0.3, -0.25) is 0 Å². The fourth-order valence-electron chi connectivity index (χ4n) is 3.01. The van der Waals surface area contributed by atoms with E-state index in [1.54, 1.807) is 0 Å². The number of nitrogens with zero attached hydrogens (tertiary/aromatic N) is 2. The quantitative estimate of drug-likeness (QED) is 0.275. The molecule has 27 heavy (non-hydrogen) atoms. The van der Waals surface area contributed by atoms with E-state index < -0.39 is 0 Å². The highest BCUT2D eigenvalue weighted by molar-refractivity contribution is 8.00. The van der Waals surface area contributed by atoms with E-state index in [9.17, 15) is 10.4 Å². The Morgan fingerprint density at radius 3 is 2.59 bits per heavy atom. The second-order valence-corrected chi connectivity index (χ2v) is 7.66. The monoisotopic (exact) mass is 371 g/mol. The van der Waals surface area contributed by atoms with E-state index in [2.05, 4.69) is 40.3 Å². The van der Waals surface area contributed by atoms with Crippen LogP contribution in [-0.2, 0) is 0 Å². The van der Waals surface area contributed by atoms with Crippen LogP contribution in [0, 0.1) is 11.3 Å². The standard InChI is InChI=1S/C22H17N3OS/c1-14(27-17-11-10-15-6-2-3-7-16(15)12-17)21(26)18(13-23)22-24-19-8-4-5-9-20(19)25-22/h2-12,14,26H,1H3,(H,24,25)/b21-18-/t14-/m1/s1. The Hall–Kier alpha value is -3.23. The second kappa shape index (κ2) is 7.18. The minimum Gasteiger partial charge on any atom is -0.510 e. The minimum absolute atomic E-state index is 0.0229. The van der Waals surface area contributed by atoms with E-state index in [0.717, 1.165) is 21.3 Å². The number of rotatable bonds is 4. The van der Waals surface area contributed by atoms with Gasteiger partial charge in [0.15, 0.2) is 5.82 Å². The average molecular weight is 371 g/mol. The largest absolute Gasteiger partial charge is 0.510 e. The summed E-state index contributed by atoms with van der Waals surface area (Å²) in [6.07, 6.45) is 0. The highest BCUT2D eigenvalue weighted by atomic mass is 32.2. The molecule has 0 saturated heterocycles. The smallest absolute Gasteiger partial charge is 0.152 e. The van der Waals surface area contributed by atoms with Crippen molar-refractivity contribution in [2.45, 2.75) is 17.1 Å². The van der Waals surface area contributed by atoms with E-state index in [1.807, 2.05) is 49.4 Å². The summed E-state index contributed by atoms with van der Waals surface area (Å²) in [6.45, 7) is 1.88. The summed E-state index contributed by atoms with van der Waals surface area (Å²) in [4.78, 5) is 8.58. The van der Waals surface area contributed by atoms with Crippen molar-refractivity contribution in [3.63, 3.8) is 0 Å². The Bertz CT molecular complexity index is 1170. The lowest BCUT2D eigenvalue weighted by atomic mass is 10.1. The molecule has 1 aromatic heterocycles. The summed E-state index contributed by atoms with van der Waals surface area (Å²) in [6, 6.07) is 24.0. The van der Waals surface area contributed by atoms with Crippen LogP contribution in [0.5, 0.6) is 0 Å². The molecule has 3 aromatic carbocycles. The first-order valence-electron chi connectivity index (χ1n) is 8.59. The number of para-hydroxylation sites is 2. The SMILES string of the molecule is C[C@@H](Sc1ccc2ccccc2c1)/C(O)=C(\C#N)c1nc2ccccc2[nH]1. The molecule has 0 amide bonds. The van der Waals surface area contributed by atoms with Crippen LogP contribution in [0.1, 0.15) is 12.7 Å². The number of aromatic amines is 1. The van der Waals surface area contributed by atoms with E-state index >= 15 is 0 Å². The Kier molecular flexibility index (Phi) is 4.57. The number of thioether (sulfide) groups is 1. The number of H-pyrrole nitrogens is 1. The van der Waals surface area contributed by atoms with Crippen molar-refractivity contribution in [3.8, 4) is 6.07 Å². The summed E-state index contributed by atoms with van der Waals surface area (Å²) in [7, 11) is 0. The number of hydrogen-bond acceptors (Lipinski definition) is 4. The van der Waals surface area contributed by atoms with E-state index in [0.29, 0.717) is 5.82 Å². The summed E-state index contributed by atoms with van der Waals surface area (Å²) < 4.78 is 0. The van der Waals surface area contributed by atoms with Crippen LogP contribution >= 0.6 is 11.8 Å². The van der Waals surface area contributed by atoms with Crippen LogP contribution < -0.4 is 0 Å². The average Bonchev–Trinajstić information content (AvgIpc) is 3.12. The first-order valence-corrected chi connectivity index (χ1v) is 9.47. The number of allylic oxidation sites excluding steroid dienone is 1. The molecule has 132 valence electrons. The van der Waals surface area contributed by atoms with Gasteiger partial charge in [0, 0.05) is 4.90 Å². The molecule has 2 N–H and O–H groups in total. The molecule has 0 aliphatic heterocycles. The molecule has 0 unspecified atom stereocenters. The molecule has 0 aliphatic rings. The molecule has 0 fully saturated rings. The Balaban J connectivity index is 1.65. The third-order valence-electron chi connectivity index (χ3n) is 4.41. The topological polar surface area (TPSA) is 72.7 Å². The number of aliphatic hydroxyl groups excluding tert-OH is 1. The minimum atomic E-state index is -0.283. The maximum atomic E-state index is 10.7. The van der Waals surface area contributed by atoms with Crippen LogP contribution in [0.4, 0.5) is 0 Å². The zero-order chi connectivity index (χ0) is 18.8. The highest BCUT2D eigenvalue weighted by Gasteiger charge is 2.19. The van der Waals surface area contributed by atoms with Gasteiger partial charge in [0.1, 0.15) is 17.4 Å². The first-order chi connectivity index (χ1) is 13.2. The number of fused-ring (bicyclic) bond motifs is 2. The van der Waals surface area contributed by atoms with Gasteiger partial charge < -0.3 is 10.1 Å². The number of nitrogens with one attached hydrogen (secondary N) is 1. The third kappa shape index (κ3) is 3.40. The molecular formula is C22H17N3OS. The number of benzene rings is 3. The van der Waals surface area contributed by atoms with Gasteiger partial charge in [-0.25, -0.2) is 4.98 Å². The number of hydrogen-bond donors (Lipinski definition) is 2. The van der Waals surface area contributed by atoms with Gasteiger partial charge in [-0.1, -0.05) is 42.5 Å². The molecule has 0 radical (unpaired) electrons. The van der Waals surface area contributed by atoms with Crippen LogP contribution in [0.25, 0.3) is 27.4 Å². The van der Waals surface area contributed by atoms with Gasteiger partial charge in [-0.15, -0.1) is 11.8 Å². The van der Waals surface area contributed by atoms with Crippen LogP contribution in [0.3, 0.4) is 0 Å². The van der Waals surface area contributed by atoms with E-state index in [-0.39, 0.29) is 16.6 Å². The van der Waals surface area contributed by atoms with E-state index in [1.165, 1.54) is 17.1 Å². The summed E-state index contributed by atoms with van der Waals surface area (Å²) in [5.41, 5.74) is 1.78. The molecule has 5 heteroatoms. The van der Waals surface area contributed by atoms with Gasteiger partial charge in [0.25, 0.3) is 0 Å². The molecule has 4 aromatic rings. The van der Waals surface area contributed by atoms with Crippen LogP contribution in [0.15, 0.2) is 77.4 Å². The first kappa shape index (κ1) is 17.2. The van der Waals surface area contributed by atoms with Crippen molar-refractivity contribution >= 4 is 39.1 Å². The van der Waals surface area contributed by atoms with Crippen LogP contribution in [-0.4, -0.2) is 20.3 Å². The lowest BCUT2D eigenvalue weighted by molar-refractivity contribution is 0.402. The normalized spacial score (nSPS) is 13.3. The van der Waals surface area contributed by atoms with Gasteiger partial charge in [0.2, 0.25) is 0 Å². The Morgan fingerprint density at radius 1 is 1.07 bits per heavy atom. The summed E-state index contributed by atoms with van der Waals surface area (Å²) >= 11 is 1.51. The van der Waals surface area contributed by atoms with Gasteiger partial charge in [-0.05, 0) is 42.0 Å². The maximum Gasteiger partial charge on any atom is 0.152 e. The third-order valence-corrected chi connectivity index (χ3v) is 5.52. The summed E-state index contributed by atoms with van der Waals surface area (Å²) in [5.74, 6) is 0.414. The number of aliphatic hydroxyl groups is 1. The van der Waals surface area contributed by atoms with Crippen LogP contribution in [0.2, 0.25) is 0 Å². The molecule has 4 nitrogen and oxygen atoms in total. The molecule has 1 heterocycles. The highest BCUT2D eigenvalue weighted by Crippen LogP contribution is 2.32. The maximum absolute atomic E-state index is 10.7. The van der Waals surface area contributed by atoms with Crippen molar-refractivity contribution in [3.05, 3.63) is 78.3 Å². The van der Waals surface area contributed by atoms with Crippen molar-refractivity contribution in [1.29, 1.82) is 5.26 Å². The predicted molar refractivity (Wildman–Crippen MR) is 111 cm³/mol. The molecule has 0 saturated carbocycles. The van der Waals surface area contributed by atoms with Gasteiger partial charge in [-0.2, -0.15) is 5.26 Å². The second-order valence-electron chi connectivity index (χ2n) is 6.24. The Labute approximate surface area is 161 Å². The van der Waals surface area contributed by atoms with Gasteiger partial charge in [0.05, 0.1) is 16.3 Å². The van der Waals surface area contributed by atoms with E-state index in [4.69, 9.17) is 0 Å². The molecule has 4 rings (SSSR count). The zero-order valence-corrected chi connectivity index (χ0v) is 15.5. The molecule has 0 bridgehead atoms. The predicted octanol–water partition coefficient (Wildman–Crippen LogP) is 5.69. The lowest BCUT2D eigenvalue weighted by Gasteiger charge is -2.12. The fraction of sp³-hybridized carbons (Fsp3) is 0.0909. The number of imidazole rings is 1. The Morgan fingerprint density at radius 2 is 1.81 bits per heavy atom. The molecular weight excluding hydrogens is 354 g/mol. The van der Waals surface area contributed by atoms with Crippen molar-refractivity contribution < 1.29 is 5.11 Å². The fourth-order valence-corrected chi connectivity index (χ4v) is 3.99. The molecule has 1 atom stereocenters. The lowest BCUT2D eigenvalue weighted by Crippen LogP contribution is -2.04. The zero-order valence-electron chi connectivity index (χ0n) is 14.7. The van der Waals surface area contributed by atoms with Crippen molar-refractivity contribution in [2.24, 2.45) is 0 Å². The van der Waals surface area contributed by atoms with Crippen molar-refractivity contribution in [1.82, 2.24) is 9.97 Å². The van der Waals surface area contributed by atoms with Crippen molar-refractivity contribution in [2.75, 3.05) is 0 Å².